The van der Waals surface area contributed by atoms with Crippen molar-refractivity contribution in [3.63, 3.8) is 0 Å². The molecule has 0 saturated carbocycles. The van der Waals surface area contributed by atoms with Crippen LogP contribution in [0.15, 0.2) is 18.3 Å². The topological polar surface area (TPSA) is 39.2 Å². The van der Waals surface area contributed by atoms with Crippen LogP contribution in [-0.2, 0) is 16.0 Å². The van der Waals surface area contributed by atoms with Gasteiger partial charge in [0, 0.05) is 12.8 Å². The van der Waals surface area contributed by atoms with E-state index in [1.807, 2.05) is 13.0 Å². The Morgan fingerprint density at radius 3 is 3.24 bits per heavy atom. The number of aryl methyl sites for hydroxylation is 1. The molecule has 2 unspecified atom stereocenters. The first kappa shape index (κ1) is 10.9. The van der Waals surface area contributed by atoms with Gasteiger partial charge < -0.3 is 4.74 Å². The van der Waals surface area contributed by atoms with Crippen molar-refractivity contribution in [2.24, 2.45) is 0 Å². The highest BCUT2D eigenvalue weighted by Crippen LogP contribution is 2.38. The maximum absolute atomic E-state index is 12.6. The van der Waals surface area contributed by atoms with Gasteiger partial charge in [-0.15, -0.1) is 0 Å². The highest BCUT2D eigenvalue weighted by molar-refractivity contribution is 5.93. The van der Waals surface area contributed by atoms with Gasteiger partial charge in [-0.2, -0.15) is 0 Å². The van der Waals surface area contributed by atoms with Crippen LogP contribution < -0.4 is 0 Å². The van der Waals surface area contributed by atoms with Crippen molar-refractivity contribution in [2.45, 2.75) is 44.1 Å². The van der Waals surface area contributed by atoms with Gasteiger partial charge in [0.05, 0.1) is 11.6 Å². The van der Waals surface area contributed by atoms with Crippen LogP contribution in [0.1, 0.15) is 43.4 Å². The number of fused-ring (bicyclic) bond motifs is 1. The van der Waals surface area contributed by atoms with Crippen LogP contribution in [-0.4, -0.2) is 23.0 Å². The van der Waals surface area contributed by atoms with Gasteiger partial charge in [-0.05, 0) is 44.2 Å². The van der Waals surface area contributed by atoms with Crippen molar-refractivity contribution in [2.75, 3.05) is 6.61 Å². The monoisotopic (exact) mass is 231 g/mol. The summed E-state index contributed by atoms with van der Waals surface area (Å²) in [6, 6.07) is 4.02. The molecule has 3 rings (SSSR count). The standard InChI is InChI=1S/C14H17NO2/c1-14(7-3-9-17-14)13(16)11-6-5-10-4-2-8-15-12(10)11/h2,4,8,11H,3,5-7,9H2,1H3. The van der Waals surface area contributed by atoms with Gasteiger partial charge >= 0.3 is 0 Å². The SMILES string of the molecule is CC1(C(=O)C2CCc3cccnc32)CCCO1. The van der Waals surface area contributed by atoms with E-state index in [2.05, 4.69) is 11.1 Å². The zero-order valence-electron chi connectivity index (χ0n) is 10.1. The van der Waals surface area contributed by atoms with Crippen LogP contribution in [0.2, 0.25) is 0 Å². The molecule has 1 aromatic rings. The molecule has 0 radical (unpaired) electrons. The molecular weight excluding hydrogens is 214 g/mol. The molecule has 0 bridgehead atoms. The van der Waals surface area contributed by atoms with E-state index in [1.165, 1.54) is 5.56 Å². The zero-order chi connectivity index (χ0) is 11.9. The Bertz CT molecular complexity index is 449. The second-order valence-electron chi connectivity index (χ2n) is 5.19. The lowest BCUT2D eigenvalue weighted by Crippen LogP contribution is -2.37. The molecule has 17 heavy (non-hydrogen) atoms. The number of Topliss-reactive ketones (excluding diaryl/α,β-unsaturated/α-hetero) is 1. The fraction of sp³-hybridized carbons (Fsp3) is 0.571. The first-order chi connectivity index (χ1) is 8.21. The summed E-state index contributed by atoms with van der Waals surface area (Å²) in [5, 5.41) is 0. The number of carbonyl (C=O) groups excluding carboxylic acids is 1. The molecule has 0 spiro atoms. The molecule has 1 aliphatic carbocycles. The van der Waals surface area contributed by atoms with Crippen molar-refractivity contribution < 1.29 is 9.53 Å². The average Bonchev–Trinajstić information content (AvgIpc) is 2.95. The smallest absolute Gasteiger partial charge is 0.173 e. The summed E-state index contributed by atoms with van der Waals surface area (Å²) >= 11 is 0. The van der Waals surface area contributed by atoms with Crippen molar-refractivity contribution in [3.05, 3.63) is 29.6 Å². The molecular formula is C14H17NO2. The van der Waals surface area contributed by atoms with E-state index < -0.39 is 5.60 Å². The van der Waals surface area contributed by atoms with Gasteiger partial charge in [0.1, 0.15) is 5.60 Å². The Labute approximate surface area is 101 Å². The Morgan fingerprint density at radius 2 is 2.47 bits per heavy atom. The van der Waals surface area contributed by atoms with Crippen molar-refractivity contribution in [3.8, 4) is 0 Å². The van der Waals surface area contributed by atoms with Crippen molar-refractivity contribution in [1.29, 1.82) is 0 Å². The minimum absolute atomic E-state index is 0.0469. The third-order valence-electron chi connectivity index (χ3n) is 4.02. The number of nitrogens with zero attached hydrogens (tertiary/aromatic N) is 1. The van der Waals surface area contributed by atoms with Crippen molar-refractivity contribution in [1.82, 2.24) is 4.98 Å². The van der Waals surface area contributed by atoms with E-state index in [0.29, 0.717) is 6.61 Å². The summed E-state index contributed by atoms with van der Waals surface area (Å²) in [4.78, 5) is 17.0. The predicted octanol–water partition coefficient (Wildman–Crippen LogP) is 2.25. The van der Waals surface area contributed by atoms with Crippen LogP contribution in [0.3, 0.4) is 0 Å². The molecule has 90 valence electrons. The summed E-state index contributed by atoms with van der Waals surface area (Å²) in [7, 11) is 0. The fourth-order valence-electron chi connectivity index (χ4n) is 3.01. The molecule has 1 aromatic heterocycles. The molecule has 1 aliphatic heterocycles. The molecule has 2 atom stereocenters. The highest BCUT2D eigenvalue weighted by atomic mass is 16.5. The molecule has 3 heteroatoms. The molecule has 0 amide bonds. The minimum Gasteiger partial charge on any atom is -0.367 e. The largest absolute Gasteiger partial charge is 0.367 e. The van der Waals surface area contributed by atoms with Gasteiger partial charge in [0.15, 0.2) is 5.78 Å². The van der Waals surface area contributed by atoms with E-state index >= 15 is 0 Å². The van der Waals surface area contributed by atoms with Gasteiger partial charge in [-0.25, -0.2) is 0 Å². The predicted molar refractivity (Wildman–Crippen MR) is 63.9 cm³/mol. The second kappa shape index (κ2) is 3.91. The van der Waals surface area contributed by atoms with Gasteiger partial charge in [-0.1, -0.05) is 6.07 Å². The van der Waals surface area contributed by atoms with E-state index in [0.717, 1.165) is 31.4 Å². The normalized spacial score (nSPS) is 31.5. The lowest BCUT2D eigenvalue weighted by Gasteiger charge is -2.25. The van der Waals surface area contributed by atoms with Gasteiger partial charge in [0.25, 0.3) is 0 Å². The number of hydrogen-bond acceptors (Lipinski definition) is 3. The second-order valence-corrected chi connectivity index (χ2v) is 5.19. The molecule has 0 N–H and O–H groups in total. The summed E-state index contributed by atoms with van der Waals surface area (Å²) in [6.07, 6.45) is 5.48. The summed E-state index contributed by atoms with van der Waals surface area (Å²) < 4.78 is 5.65. The fourth-order valence-corrected chi connectivity index (χ4v) is 3.01. The maximum atomic E-state index is 12.6. The number of ketones is 1. The maximum Gasteiger partial charge on any atom is 0.173 e. The average molecular weight is 231 g/mol. The Hall–Kier alpha value is -1.22. The molecule has 0 aromatic carbocycles. The van der Waals surface area contributed by atoms with Crippen LogP contribution in [0.5, 0.6) is 0 Å². The van der Waals surface area contributed by atoms with Gasteiger partial charge in [-0.3, -0.25) is 9.78 Å². The summed E-state index contributed by atoms with van der Waals surface area (Å²) in [5.74, 6) is 0.182. The zero-order valence-corrected chi connectivity index (χ0v) is 10.1. The first-order valence-electron chi connectivity index (χ1n) is 6.33. The van der Waals surface area contributed by atoms with E-state index in [-0.39, 0.29) is 11.7 Å². The third-order valence-corrected chi connectivity index (χ3v) is 4.02. The van der Waals surface area contributed by atoms with Crippen LogP contribution in [0.4, 0.5) is 0 Å². The number of aromatic nitrogens is 1. The summed E-state index contributed by atoms with van der Waals surface area (Å²) in [6.45, 7) is 2.65. The summed E-state index contributed by atoms with van der Waals surface area (Å²) in [5.41, 5.74) is 1.64. The minimum atomic E-state index is -0.566. The molecule has 1 saturated heterocycles. The van der Waals surface area contributed by atoms with E-state index in [9.17, 15) is 4.79 Å². The number of rotatable bonds is 2. The van der Waals surface area contributed by atoms with Crippen LogP contribution >= 0.6 is 0 Å². The van der Waals surface area contributed by atoms with Crippen LogP contribution in [0.25, 0.3) is 0 Å². The molecule has 1 fully saturated rings. The quantitative estimate of drug-likeness (QED) is 0.783. The van der Waals surface area contributed by atoms with Gasteiger partial charge in [0.2, 0.25) is 0 Å². The number of ether oxygens (including phenoxy) is 1. The number of pyridine rings is 1. The number of carbonyl (C=O) groups is 1. The first-order valence-corrected chi connectivity index (χ1v) is 6.33. The molecule has 2 heterocycles. The molecule has 2 aliphatic rings. The molecule has 3 nitrogen and oxygen atoms in total. The van der Waals surface area contributed by atoms with Crippen molar-refractivity contribution >= 4 is 5.78 Å². The highest BCUT2D eigenvalue weighted by Gasteiger charge is 2.44. The lowest BCUT2D eigenvalue weighted by atomic mass is 9.86. The Balaban J connectivity index is 1.89. The Morgan fingerprint density at radius 1 is 1.59 bits per heavy atom. The third kappa shape index (κ3) is 1.69. The van der Waals surface area contributed by atoms with E-state index in [4.69, 9.17) is 4.74 Å². The van der Waals surface area contributed by atoms with Crippen LogP contribution in [0, 0.1) is 0 Å². The lowest BCUT2D eigenvalue weighted by molar-refractivity contribution is -0.138. The number of hydrogen-bond donors (Lipinski definition) is 0. The van der Waals surface area contributed by atoms with E-state index in [1.54, 1.807) is 6.20 Å². The Kier molecular flexibility index (Phi) is 2.51.